The number of morpholine rings is 1. The normalized spacial score (nSPS) is 19.3. The third-order valence-electron chi connectivity index (χ3n) is 6.29. The topological polar surface area (TPSA) is 114 Å². The minimum atomic E-state index is -3.39. The van der Waals surface area contributed by atoms with E-state index in [-0.39, 0.29) is 17.3 Å². The lowest BCUT2D eigenvalue weighted by molar-refractivity contribution is 0.0985. The van der Waals surface area contributed by atoms with E-state index in [1.807, 2.05) is 18.2 Å². The number of ether oxygens (including phenoxy) is 1. The average Bonchev–Trinajstić information content (AvgIpc) is 3.65. The maximum Gasteiger partial charge on any atom is 0.318 e. The van der Waals surface area contributed by atoms with E-state index >= 15 is 0 Å². The Labute approximate surface area is 194 Å². The number of urea groups is 1. The van der Waals surface area contributed by atoms with Gasteiger partial charge in [0.25, 0.3) is 0 Å². The number of aromatic nitrogens is 2. The molecular weight excluding hydrogens is 442 g/mol. The predicted molar refractivity (Wildman–Crippen MR) is 128 cm³/mol. The van der Waals surface area contributed by atoms with E-state index in [1.165, 1.54) is 0 Å². The smallest absolute Gasteiger partial charge is 0.318 e. The number of sulfone groups is 1. The van der Waals surface area contributed by atoms with Crippen molar-refractivity contribution in [3.8, 4) is 11.4 Å². The van der Waals surface area contributed by atoms with Crippen molar-refractivity contribution in [1.82, 2.24) is 15.3 Å². The van der Waals surface area contributed by atoms with Gasteiger partial charge in [0.15, 0.2) is 15.7 Å². The fourth-order valence-corrected chi connectivity index (χ4v) is 5.91. The number of amides is 2. The number of rotatable bonds is 6. The molecule has 1 saturated heterocycles. The highest BCUT2D eigenvalue weighted by Gasteiger charge is 2.48. The first kappa shape index (κ1) is 23.4. The molecule has 1 aromatic heterocycles. The van der Waals surface area contributed by atoms with E-state index in [9.17, 15) is 13.2 Å². The third kappa shape index (κ3) is 4.67. The van der Waals surface area contributed by atoms with Gasteiger partial charge in [0.05, 0.1) is 30.2 Å². The summed E-state index contributed by atoms with van der Waals surface area (Å²) in [7, 11) is -1.84. The summed E-state index contributed by atoms with van der Waals surface area (Å²) < 4.78 is 30.9. The molecule has 2 aliphatic rings. The average molecular weight is 474 g/mol. The Balaban J connectivity index is 1.77. The molecule has 2 fully saturated rings. The van der Waals surface area contributed by atoms with Crippen LogP contribution in [0, 0.1) is 0 Å². The van der Waals surface area contributed by atoms with Crippen LogP contribution >= 0.6 is 0 Å². The van der Waals surface area contributed by atoms with Gasteiger partial charge in [-0.25, -0.2) is 23.2 Å². The fraction of sp³-hybridized carbons (Fsp3) is 0.522. The second-order valence-electron chi connectivity index (χ2n) is 9.09. The van der Waals surface area contributed by atoms with E-state index < -0.39 is 14.6 Å². The van der Waals surface area contributed by atoms with Crippen molar-refractivity contribution in [2.75, 3.05) is 37.0 Å². The highest BCUT2D eigenvalue weighted by Crippen LogP contribution is 2.42. The molecule has 4 rings (SSSR count). The summed E-state index contributed by atoms with van der Waals surface area (Å²) in [5, 5.41) is 4.94. The van der Waals surface area contributed by atoms with Crippen molar-refractivity contribution in [1.29, 1.82) is 0 Å². The van der Waals surface area contributed by atoms with E-state index in [0.717, 1.165) is 5.56 Å². The molecule has 0 spiro atoms. The van der Waals surface area contributed by atoms with Crippen LogP contribution in [0.25, 0.3) is 11.4 Å². The molecule has 178 valence electrons. The predicted octanol–water partition coefficient (Wildman–Crippen LogP) is 2.93. The molecule has 9 nitrogen and oxygen atoms in total. The summed E-state index contributed by atoms with van der Waals surface area (Å²) in [6.07, 6.45) is 1.41. The summed E-state index contributed by atoms with van der Waals surface area (Å²) in [6, 6.07) is 8.78. The number of benzene rings is 1. The van der Waals surface area contributed by atoms with Crippen molar-refractivity contribution in [3.05, 3.63) is 36.0 Å². The fourth-order valence-electron chi connectivity index (χ4n) is 3.92. The van der Waals surface area contributed by atoms with Gasteiger partial charge in [0, 0.05) is 30.9 Å². The van der Waals surface area contributed by atoms with Crippen molar-refractivity contribution in [2.24, 2.45) is 0 Å². The van der Waals surface area contributed by atoms with Crippen LogP contribution < -0.4 is 15.5 Å². The number of hydrogen-bond acceptors (Lipinski definition) is 7. The summed E-state index contributed by atoms with van der Waals surface area (Å²) in [5.41, 5.74) is 1.86. The maximum atomic E-state index is 13.3. The first-order chi connectivity index (χ1) is 15.6. The van der Waals surface area contributed by atoms with Crippen molar-refractivity contribution in [3.63, 3.8) is 0 Å². The first-order valence-corrected chi connectivity index (χ1v) is 12.7. The van der Waals surface area contributed by atoms with Gasteiger partial charge in [0.2, 0.25) is 0 Å². The van der Waals surface area contributed by atoms with Gasteiger partial charge >= 0.3 is 6.03 Å². The molecule has 0 unspecified atom stereocenters. The van der Waals surface area contributed by atoms with E-state index in [0.29, 0.717) is 55.6 Å². The van der Waals surface area contributed by atoms with Gasteiger partial charge in [-0.15, -0.1) is 0 Å². The van der Waals surface area contributed by atoms with Gasteiger partial charge in [-0.05, 0) is 57.9 Å². The molecule has 1 saturated carbocycles. The summed E-state index contributed by atoms with van der Waals surface area (Å²) in [6.45, 7) is 7.36. The molecule has 0 radical (unpaired) electrons. The van der Waals surface area contributed by atoms with Crippen LogP contribution in [0.2, 0.25) is 0 Å². The monoisotopic (exact) mass is 473 g/mol. The van der Waals surface area contributed by atoms with Crippen LogP contribution in [0.5, 0.6) is 0 Å². The van der Waals surface area contributed by atoms with Gasteiger partial charge in [-0.1, -0.05) is 0 Å². The standard InChI is InChI=1S/C23H31N5O4S/c1-15-14-32-12-11-28(15)20-13-19(23(2,3)33(30,31)18-9-10-18)26-21(27-20)16-5-7-17(8-6-16)25-22(29)24-4/h5-8,13,15,18H,9-12,14H2,1-4H3,(H2,24,25,29)/t15-/m0/s1. The van der Waals surface area contributed by atoms with Crippen molar-refractivity contribution < 1.29 is 17.9 Å². The number of hydrogen-bond donors (Lipinski definition) is 2. The zero-order valence-corrected chi connectivity index (χ0v) is 20.3. The molecule has 0 bridgehead atoms. The van der Waals surface area contributed by atoms with Crippen LogP contribution in [0.4, 0.5) is 16.3 Å². The third-order valence-corrected chi connectivity index (χ3v) is 9.27. The number of nitrogens with one attached hydrogen (secondary N) is 2. The first-order valence-electron chi connectivity index (χ1n) is 11.2. The van der Waals surface area contributed by atoms with Crippen LogP contribution in [-0.2, 0) is 19.3 Å². The second-order valence-corrected chi connectivity index (χ2v) is 11.9. The van der Waals surface area contributed by atoms with Gasteiger partial charge in [-0.3, -0.25) is 0 Å². The minimum absolute atomic E-state index is 0.108. The molecule has 10 heteroatoms. The molecule has 1 aliphatic carbocycles. The summed E-state index contributed by atoms with van der Waals surface area (Å²) >= 11 is 0. The van der Waals surface area contributed by atoms with E-state index in [2.05, 4.69) is 22.5 Å². The molecule has 33 heavy (non-hydrogen) atoms. The Morgan fingerprint density at radius 1 is 1.18 bits per heavy atom. The molecular formula is C23H31N5O4S. The quantitative estimate of drug-likeness (QED) is 0.663. The molecule has 2 aromatic rings. The van der Waals surface area contributed by atoms with Crippen LogP contribution in [0.1, 0.15) is 39.3 Å². The maximum absolute atomic E-state index is 13.3. The molecule has 1 aromatic carbocycles. The molecule has 2 N–H and O–H groups in total. The Bertz CT molecular complexity index is 1130. The second kappa shape index (κ2) is 8.90. The van der Waals surface area contributed by atoms with Crippen LogP contribution in [0.3, 0.4) is 0 Å². The molecule has 2 heterocycles. The SMILES string of the molecule is CNC(=O)Nc1ccc(-c2nc(N3CCOC[C@@H]3C)cc(C(C)(C)S(=O)(=O)C3CC3)n2)cc1. The Morgan fingerprint density at radius 2 is 1.88 bits per heavy atom. The largest absolute Gasteiger partial charge is 0.377 e. The zero-order chi connectivity index (χ0) is 23.8. The Hall–Kier alpha value is -2.72. The lowest BCUT2D eigenvalue weighted by Crippen LogP contribution is -2.44. The lowest BCUT2D eigenvalue weighted by atomic mass is 10.1. The molecule has 2 amide bonds. The Morgan fingerprint density at radius 3 is 2.48 bits per heavy atom. The highest BCUT2D eigenvalue weighted by atomic mass is 32.2. The number of anilines is 2. The summed E-state index contributed by atoms with van der Waals surface area (Å²) in [4.78, 5) is 23.3. The number of nitrogens with zero attached hydrogens (tertiary/aromatic N) is 3. The van der Waals surface area contributed by atoms with Crippen LogP contribution in [0.15, 0.2) is 30.3 Å². The lowest BCUT2D eigenvalue weighted by Gasteiger charge is -2.35. The Kier molecular flexibility index (Phi) is 6.32. The van der Waals surface area contributed by atoms with Crippen molar-refractivity contribution >= 4 is 27.4 Å². The van der Waals surface area contributed by atoms with Gasteiger partial charge in [0.1, 0.15) is 10.6 Å². The van der Waals surface area contributed by atoms with Gasteiger partial charge in [-0.2, -0.15) is 0 Å². The molecule has 1 atom stereocenters. The number of carbonyl (C=O) groups is 1. The van der Waals surface area contributed by atoms with E-state index in [4.69, 9.17) is 14.7 Å². The van der Waals surface area contributed by atoms with Gasteiger partial charge < -0.3 is 20.3 Å². The number of carbonyl (C=O) groups excluding carboxylic acids is 1. The zero-order valence-electron chi connectivity index (χ0n) is 19.5. The molecule has 1 aliphatic heterocycles. The van der Waals surface area contributed by atoms with E-state index in [1.54, 1.807) is 33.0 Å². The minimum Gasteiger partial charge on any atom is -0.377 e. The highest BCUT2D eigenvalue weighted by molar-refractivity contribution is 7.93. The van der Waals surface area contributed by atoms with Crippen molar-refractivity contribution in [2.45, 2.75) is 49.7 Å². The summed E-state index contributed by atoms with van der Waals surface area (Å²) in [5.74, 6) is 1.14. The van der Waals surface area contributed by atoms with Crippen LogP contribution in [-0.4, -0.2) is 62.5 Å².